The minimum absolute atomic E-state index is 0.944. The molecule has 0 rings (SSSR count). The maximum atomic E-state index is 7.00. The maximum absolute atomic E-state index is 7.00. The zero-order valence-electron chi connectivity index (χ0n) is 4.00. The van der Waals surface area contributed by atoms with Crippen LogP contribution >= 0.6 is 0 Å². The summed E-state index contributed by atoms with van der Waals surface area (Å²) in [6.07, 6.45) is 0.944. The van der Waals surface area contributed by atoms with Crippen LogP contribution in [0.4, 0.5) is 0 Å². The number of rotatable bonds is 1. The molecular weight excluding hydrogens is 96.0 g/mol. The van der Waals surface area contributed by atoms with Gasteiger partial charge in [-0.1, -0.05) is 0 Å². The van der Waals surface area contributed by atoms with E-state index >= 15 is 0 Å². The number of aliphatic hydroxyl groups excluding tert-OH is 1. The van der Waals surface area contributed by atoms with E-state index < -0.39 is 0 Å². The van der Waals surface area contributed by atoms with E-state index in [9.17, 15) is 0 Å². The van der Waals surface area contributed by atoms with Crippen LogP contribution in [0.5, 0.6) is 0 Å². The largest absolute Gasteiger partial charge is 0.400 e. The molecule has 4 N–H and O–H groups in total. The van der Waals surface area contributed by atoms with Crippen LogP contribution in [-0.2, 0) is 0 Å². The molecule has 5 heteroatoms. The second-order valence-corrected chi connectivity index (χ2v) is 0.394. The number of nitrogens with two attached hydrogens (primary N) is 1. The molecule has 0 saturated heterocycles. The third-order valence-electron chi connectivity index (χ3n) is 0.124. The Labute approximate surface area is 41.3 Å². The molecule has 0 heterocycles. The molecule has 7 heavy (non-hydrogen) atoms. The SMILES string of the molecule is CO.N=NC=NN. The van der Waals surface area contributed by atoms with E-state index in [4.69, 9.17) is 10.6 Å². The van der Waals surface area contributed by atoms with Crippen molar-refractivity contribution in [2.75, 3.05) is 7.11 Å². The summed E-state index contributed by atoms with van der Waals surface area (Å²) in [4.78, 5) is 0. The van der Waals surface area contributed by atoms with Crippen LogP contribution in [0.3, 0.4) is 0 Å². The minimum atomic E-state index is 0.944. The molecule has 0 aromatic carbocycles. The lowest BCUT2D eigenvalue weighted by Crippen LogP contribution is -1.75. The highest BCUT2D eigenvalue weighted by atomic mass is 16.2. The lowest BCUT2D eigenvalue weighted by molar-refractivity contribution is 0.399. The normalized spacial score (nSPS) is 7.14. The molecule has 0 radical (unpaired) electrons. The van der Waals surface area contributed by atoms with Crippen molar-refractivity contribution in [1.29, 1.82) is 5.53 Å². The third-order valence-corrected chi connectivity index (χ3v) is 0.124. The summed E-state index contributed by atoms with van der Waals surface area (Å²) >= 11 is 0. The fourth-order valence-corrected chi connectivity index (χ4v) is 0.0333. The van der Waals surface area contributed by atoms with E-state index in [-0.39, 0.29) is 0 Å². The van der Waals surface area contributed by atoms with Crippen molar-refractivity contribution in [2.45, 2.75) is 0 Å². The molecule has 0 aliphatic carbocycles. The summed E-state index contributed by atoms with van der Waals surface area (Å²) < 4.78 is 0. The monoisotopic (exact) mass is 104 g/mol. The van der Waals surface area contributed by atoms with Crippen molar-refractivity contribution in [3.63, 3.8) is 0 Å². The number of nitrogens with zero attached hydrogens (tertiary/aromatic N) is 2. The fraction of sp³-hybridized carbons (Fsp3) is 0.500. The molecular formula is C2H8N4O. The van der Waals surface area contributed by atoms with E-state index in [1.54, 1.807) is 0 Å². The van der Waals surface area contributed by atoms with E-state index in [1.165, 1.54) is 0 Å². The van der Waals surface area contributed by atoms with E-state index in [1.807, 2.05) is 0 Å². The van der Waals surface area contributed by atoms with Crippen LogP contribution in [0.15, 0.2) is 10.2 Å². The third kappa shape index (κ3) is 43.5. The standard InChI is InChI=1S/CH4N4.CH4O/c2-4-1-5-3;1-2/h1-2H,3H2;2H,1H3. The second kappa shape index (κ2) is 19.8. The van der Waals surface area contributed by atoms with Gasteiger partial charge >= 0.3 is 0 Å². The van der Waals surface area contributed by atoms with Crippen LogP contribution in [-0.4, -0.2) is 18.6 Å². The van der Waals surface area contributed by atoms with Crippen molar-refractivity contribution in [1.82, 2.24) is 0 Å². The molecule has 0 fully saturated rings. The Morgan fingerprint density at radius 2 is 2.14 bits per heavy atom. The van der Waals surface area contributed by atoms with Gasteiger partial charge in [0.25, 0.3) is 0 Å². The quantitative estimate of drug-likeness (QED) is 0.138. The lowest BCUT2D eigenvalue weighted by Gasteiger charge is -1.58. The first-order chi connectivity index (χ1) is 3.41. The first-order valence-corrected chi connectivity index (χ1v) is 1.45. The van der Waals surface area contributed by atoms with Crippen LogP contribution in [0, 0.1) is 5.53 Å². The average Bonchev–Trinajstić information content (AvgIpc) is 1.75. The van der Waals surface area contributed by atoms with Crippen LogP contribution in [0.2, 0.25) is 0 Å². The molecule has 42 valence electrons. The zero-order chi connectivity index (χ0) is 6.12. The summed E-state index contributed by atoms with van der Waals surface area (Å²) in [6.45, 7) is 0. The van der Waals surface area contributed by atoms with Gasteiger partial charge in [0.2, 0.25) is 0 Å². The van der Waals surface area contributed by atoms with E-state index in [2.05, 4.69) is 16.1 Å². The number of hydrogen-bond acceptors (Lipinski definition) is 4. The molecule has 0 unspecified atom stereocenters. The van der Waals surface area contributed by atoms with Crippen LogP contribution < -0.4 is 5.84 Å². The van der Waals surface area contributed by atoms with Gasteiger partial charge in [-0.2, -0.15) is 5.10 Å². The van der Waals surface area contributed by atoms with Gasteiger partial charge in [0, 0.05) is 7.11 Å². The minimum Gasteiger partial charge on any atom is -0.400 e. The fourth-order valence-electron chi connectivity index (χ4n) is 0.0333. The summed E-state index contributed by atoms with van der Waals surface area (Å²) in [5.74, 6) is 4.49. The number of hydrazone groups is 1. The molecule has 0 aromatic rings. The molecule has 0 aromatic heterocycles. The smallest absolute Gasteiger partial charge is 0.156 e. The van der Waals surface area contributed by atoms with Gasteiger partial charge < -0.3 is 10.9 Å². The number of aliphatic hydroxyl groups is 1. The predicted molar refractivity (Wildman–Crippen MR) is 26.0 cm³/mol. The van der Waals surface area contributed by atoms with Gasteiger partial charge in [0.05, 0.1) is 0 Å². The Hall–Kier alpha value is -0.970. The summed E-state index contributed by atoms with van der Waals surface area (Å²) in [5.41, 5.74) is 6.00. The molecule has 0 aliphatic heterocycles. The maximum Gasteiger partial charge on any atom is 0.156 e. The van der Waals surface area contributed by atoms with Gasteiger partial charge in [-0.15, -0.1) is 5.11 Å². The molecule has 0 spiro atoms. The van der Waals surface area contributed by atoms with Gasteiger partial charge in [-0.25, -0.2) is 5.53 Å². The molecule has 0 saturated carbocycles. The van der Waals surface area contributed by atoms with Crippen molar-refractivity contribution in [3.05, 3.63) is 0 Å². The first-order valence-electron chi connectivity index (χ1n) is 1.45. The Bertz CT molecular complexity index is 51.7. The summed E-state index contributed by atoms with van der Waals surface area (Å²) in [7, 11) is 1.00. The van der Waals surface area contributed by atoms with Crippen molar-refractivity contribution < 1.29 is 5.11 Å². The van der Waals surface area contributed by atoms with E-state index in [0.29, 0.717) is 0 Å². The summed E-state index contributed by atoms with van der Waals surface area (Å²) in [6, 6.07) is 0. The van der Waals surface area contributed by atoms with Crippen LogP contribution in [0.25, 0.3) is 0 Å². The van der Waals surface area contributed by atoms with Crippen molar-refractivity contribution in [2.24, 2.45) is 16.1 Å². The second-order valence-electron chi connectivity index (χ2n) is 0.394. The van der Waals surface area contributed by atoms with Gasteiger partial charge in [-0.3, -0.25) is 0 Å². The Kier molecular flexibility index (Phi) is 26.6. The van der Waals surface area contributed by atoms with Gasteiger partial charge in [0.15, 0.2) is 6.34 Å². The van der Waals surface area contributed by atoms with Gasteiger partial charge in [0.1, 0.15) is 0 Å². The van der Waals surface area contributed by atoms with Crippen LogP contribution in [0.1, 0.15) is 0 Å². The molecule has 0 bridgehead atoms. The predicted octanol–water partition coefficient (Wildman–Crippen LogP) is -0.472. The number of hydrogen-bond donors (Lipinski definition) is 3. The highest BCUT2D eigenvalue weighted by molar-refractivity contribution is 5.52. The number of nitrogens with one attached hydrogen (secondary N) is 1. The first kappa shape index (κ1) is 9.39. The molecule has 0 aliphatic rings. The Morgan fingerprint density at radius 3 is 2.14 bits per heavy atom. The Morgan fingerprint density at radius 1 is 1.71 bits per heavy atom. The highest BCUT2D eigenvalue weighted by Gasteiger charge is 1.43. The summed E-state index contributed by atoms with van der Waals surface area (Å²) in [5, 5.41) is 12.6. The lowest BCUT2D eigenvalue weighted by atomic mass is 11.4. The molecule has 5 nitrogen and oxygen atoms in total. The highest BCUT2D eigenvalue weighted by Crippen LogP contribution is 1.44. The molecule has 0 atom stereocenters. The van der Waals surface area contributed by atoms with Gasteiger partial charge in [-0.05, 0) is 0 Å². The van der Waals surface area contributed by atoms with Crippen molar-refractivity contribution in [3.8, 4) is 0 Å². The Balaban J connectivity index is 0. The zero-order valence-corrected chi connectivity index (χ0v) is 4.00. The topological polar surface area (TPSA) is 94.8 Å². The molecule has 0 amide bonds. The van der Waals surface area contributed by atoms with Crippen molar-refractivity contribution >= 4 is 6.34 Å². The average molecular weight is 104 g/mol. The van der Waals surface area contributed by atoms with E-state index in [0.717, 1.165) is 13.4 Å².